The van der Waals surface area contributed by atoms with Crippen LogP contribution in [0.25, 0.3) is 0 Å². The number of aromatic nitrogens is 2. The SMILES string of the molecule is Cc1cc(Oc2ccccc2)nc(NC(=S)NCC2CCCO2)n1. The molecular formula is C17H20N4O2S. The van der Waals surface area contributed by atoms with Gasteiger partial charge in [-0.1, -0.05) is 18.2 Å². The number of benzene rings is 1. The lowest BCUT2D eigenvalue weighted by Gasteiger charge is -2.14. The first kappa shape index (κ1) is 16.6. The van der Waals surface area contributed by atoms with E-state index < -0.39 is 0 Å². The molecule has 7 heteroatoms. The van der Waals surface area contributed by atoms with Crippen molar-refractivity contribution in [1.82, 2.24) is 15.3 Å². The van der Waals surface area contributed by atoms with Crippen LogP contribution in [-0.4, -0.2) is 34.3 Å². The van der Waals surface area contributed by atoms with E-state index in [1.807, 2.05) is 37.3 Å². The molecule has 1 aliphatic heterocycles. The molecule has 2 aromatic rings. The summed E-state index contributed by atoms with van der Waals surface area (Å²) in [6.07, 6.45) is 2.39. The molecule has 0 aliphatic carbocycles. The van der Waals surface area contributed by atoms with Gasteiger partial charge in [0.05, 0.1) is 6.10 Å². The summed E-state index contributed by atoms with van der Waals surface area (Å²) in [5.74, 6) is 1.60. The van der Waals surface area contributed by atoms with Crippen LogP contribution in [0.4, 0.5) is 5.95 Å². The van der Waals surface area contributed by atoms with E-state index in [1.54, 1.807) is 6.07 Å². The maximum atomic E-state index is 5.75. The van der Waals surface area contributed by atoms with Crippen LogP contribution in [0.5, 0.6) is 11.6 Å². The molecule has 126 valence electrons. The van der Waals surface area contributed by atoms with Gasteiger partial charge < -0.3 is 20.1 Å². The number of hydrogen-bond donors (Lipinski definition) is 2. The van der Waals surface area contributed by atoms with E-state index in [0.717, 1.165) is 30.9 Å². The van der Waals surface area contributed by atoms with Crippen molar-refractivity contribution in [1.29, 1.82) is 0 Å². The van der Waals surface area contributed by atoms with Crippen molar-refractivity contribution in [2.24, 2.45) is 0 Å². The molecule has 1 atom stereocenters. The highest BCUT2D eigenvalue weighted by Crippen LogP contribution is 2.20. The van der Waals surface area contributed by atoms with E-state index in [0.29, 0.717) is 23.5 Å². The van der Waals surface area contributed by atoms with Crippen LogP contribution in [0, 0.1) is 6.92 Å². The zero-order valence-corrected chi connectivity index (χ0v) is 14.3. The Balaban J connectivity index is 1.59. The number of hydrogen-bond acceptors (Lipinski definition) is 5. The number of rotatable bonds is 5. The van der Waals surface area contributed by atoms with Crippen LogP contribution >= 0.6 is 12.2 Å². The van der Waals surface area contributed by atoms with Crippen molar-refractivity contribution >= 4 is 23.3 Å². The second-order valence-corrected chi connectivity index (χ2v) is 5.96. The van der Waals surface area contributed by atoms with Crippen LogP contribution < -0.4 is 15.4 Å². The van der Waals surface area contributed by atoms with E-state index in [2.05, 4.69) is 20.6 Å². The fourth-order valence-electron chi connectivity index (χ4n) is 2.41. The summed E-state index contributed by atoms with van der Waals surface area (Å²) in [6, 6.07) is 11.3. The number of para-hydroxylation sites is 1. The van der Waals surface area contributed by atoms with Gasteiger partial charge in [0.25, 0.3) is 0 Å². The summed E-state index contributed by atoms with van der Waals surface area (Å²) < 4.78 is 11.3. The smallest absolute Gasteiger partial charge is 0.232 e. The molecule has 0 spiro atoms. The van der Waals surface area contributed by atoms with E-state index >= 15 is 0 Å². The number of thiocarbonyl (C=S) groups is 1. The lowest BCUT2D eigenvalue weighted by Crippen LogP contribution is -2.35. The molecule has 0 amide bonds. The Hall–Kier alpha value is -2.25. The molecule has 6 nitrogen and oxygen atoms in total. The second-order valence-electron chi connectivity index (χ2n) is 5.56. The minimum absolute atomic E-state index is 0.222. The fourth-order valence-corrected chi connectivity index (χ4v) is 2.59. The molecule has 1 fully saturated rings. The summed E-state index contributed by atoms with van der Waals surface area (Å²) in [5.41, 5.74) is 0.792. The minimum atomic E-state index is 0.222. The lowest BCUT2D eigenvalue weighted by molar-refractivity contribution is 0.114. The lowest BCUT2D eigenvalue weighted by atomic mass is 10.2. The summed E-state index contributed by atoms with van der Waals surface area (Å²) in [5, 5.41) is 6.61. The van der Waals surface area contributed by atoms with Crippen molar-refractivity contribution < 1.29 is 9.47 Å². The van der Waals surface area contributed by atoms with E-state index in [1.165, 1.54) is 0 Å². The summed E-state index contributed by atoms with van der Waals surface area (Å²) in [7, 11) is 0. The van der Waals surface area contributed by atoms with Gasteiger partial charge in [0, 0.05) is 24.9 Å². The molecule has 0 saturated carbocycles. The standard InChI is InChI=1S/C17H20N4O2S/c1-12-10-15(23-13-6-3-2-4-7-13)20-16(19-12)21-17(24)18-11-14-8-5-9-22-14/h2-4,6-7,10,14H,5,8-9,11H2,1H3,(H2,18,19,20,21,24). The predicted octanol–water partition coefficient (Wildman–Crippen LogP) is 3.04. The van der Waals surface area contributed by atoms with Crippen molar-refractivity contribution in [3.63, 3.8) is 0 Å². The van der Waals surface area contributed by atoms with Gasteiger partial charge >= 0.3 is 0 Å². The van der Waals surface area contributed by atoms with Gasteiger partial charge in [0.1, 0.15) is 5.75 Å². The van der Waals surface area contributed by atoms with E-state index in [9.17, 15) is 0 Å². The number of ether oxygens (including phenoxy) is 2. The highest BCUT2D eigenvalue weighted by Gasteiger charge is 2.15. The van der Waals surface area contributed by atoms with Gasteiger partial charge in [-0.3, -0.25) is 0 Å². The summed E-state index contributed by atoms with van der Waals surface area (Å²) in [6.45, 7) is 3.40. The Labute approximate surface area is 146 Å². The Morgan fingerprint density at radius 2 is 2.17 bits per heavy atom. The molecule has 24 heavy (non-hydrogen) atoms. The minimum Gasteiger partial charge on any atom is -0.439 e. The Bertz CT molecular complexity index is 690. The average Bonchev–Trinajstić information content (AvgIpc) is 3.07. The first-order valence-corrected chi connectivity index (χ1v) is 8.35. The molecule has 3 rings (SSSR count). The van der Waals surface area contributed by atoms with Crippen LogP contribution in [-0.2, 0) is 4.74 Å². The highest BCUT2D eigenvalue weighted by atomic mass is 32.1. The van der Waals surface area contributed by atoms with Crippen LogP contribution in [0.1, 0.15) is 18.5 Å². The van der Waals surface area contributed by atoms with Crippen molar-refractivity contribution in [2.45, 2.75) is 25.9 Å². The van der Waals surface area contributed by atoms with Crippen LogP contribution in [0.15, 0.2) is 36.4 Å². The first-order chi connectivity index (χ1) is 11.7. The molecule has 1 saturated heterocycles. The maximum Gasteiger partial charge on any atom is 0.232 e. The third-order valence-electron chi connectivity index (χ3n) is 3.54. The Morgan fingerprint density at radius 1 is 1.33 bits per heavy atom. The number of nitrogens with one attached hydrogen (secondary N) is 2. The number of anilines is 1. The molecule has 0 radical (unpaired) electrons. The topological polar surface area (TPSA) is 68.3 Å². The largest absolute Gasteiger partial charge is 0.439 e. The van der Waals surface area contributed by atoms with Gasteiger partial charge in [-0.15, -0.1) is 0 Å². The number of nitrogens with zero attached hydrogens (tertiary/aromatic N) is 2. The molecule has 1 aromatic carbocycles. The summed E-state index contributed by atoms with van der Waals surface area (Å²) >= 11 is 5.29. The fraction of sp³-hybridized carbons (Fsp3) is 0.353. The van der Waals surface area contributed by atoms with Crippen molar-refractivity contribution in [3.05, 3.63) is 42.1 Å². The summed E-state index contributed by atoms with van der Waals surface area (Å²) in [4.78, 5) is 8.68. The quantitative estimate of drug-likeness (QED) is 0.808. The zero-order valence-electron chi connectivity index (χ0n) is 13.5. The molecular weight excluding hydrogens is 324 g/mol. The normalized spacial score (nSPS) is 16.6. The van der Waals surface area contributed by atoms with Gasteiger partial charge in [0.2, 0.25) is 11.8 Å². The maximum absolute atomic E-state index is 5.75. The van der Waals surface area contributed by atoms with Crippen LogP contribution in [0.3, 0.4) is 0 Å². The predicted molar refractivity (Wildman–Crippen MR) is 96.5 cm³/mol. The Morgan fingerprint density at radius 3 is 2.92 bits per heavy atom. The Kier molecular flexibility index (Phi) is 5.55. The molecule has 1 aliphatic rings. The van der Waals surface area contributed by atoms with Crippen molar-refractivity contribution in [3.8, 4) is 11.6 Å². The third kappa shape index (κ3) is 4.87. The third-order valence-corrected chi connectivity index (χ3v) is 3.78. The number of aryl methyl sites for hydroxylation is 1. The van der Waals surface area contributed by atoms with Gasteiger partial charge in [0.15, 0.2) is 5.11 Å². The van der Waals surface area contributed by atoms with E-state index in [-0.39, 0.29) is 6.10 Å². The average molecular weight is 344 g/mol. The molecule has 2 N–H and O–H groups in total. The van der Waals surface area contributed by atoms with Gasteiger partial charge in [-0.2, -0.15) is 4.98 Å². The highest BCUT2D eigenvalue weighted by molar-refractivity contribution is 7.80. The van der Waals surface area contributed by atoms with Gasteiger partial charge in [-0.05, 0) is 44.1 Å². The molecule has 1 unspecified atom stereocenters. The first-order valence-electron chi connectivity index (χ1n) is 7.94. The van der Waals surface area contributed by atoms with E-state index in [4.69, 9.17) is 21.7 Å². The molecule has 1 aromatic heterocycles. The van der Waals surface area contributed by atoms with Crippen molar-refractivity contribution in [2.75, 3.05) is 18.5 Å². The monoisotopic (exact) mass is 344 g/mol. The molecule has 2 heterocycles. The molecule has 0 bridgehead atoms. The second kappa shape index (κ2) is 8.03. The zero-order chi connectivity index (χ0) is 16.8. The van der Waals surface area contributed by atoms with Gasteiger partial charge in [-0.25, -0.2) is 4.98 Å². The van der Waals surface area contributed by atoms with Crippen LogP contribution in [0.2, 0.25) is 0 Å².